The topological polar surface area (TPSA) is 50.9 Å². The van der Waals surface area contributed by atoms with Crippen LogP contribution in [0.5, 0.6) is 0 Å². The maximum absolute atomic E-state index is 5.78. The fourth-order valence-corrected chi connectivity index (χ4v) is 3.01. The molecule has 1 aliphatic rings. The Morgan fingerprint density at radius 3 is 2.56 bits per heavy atom. The molecule has 0 saturated heterocycles. The molecule has 3 N–H and O–H groups in total. The van der Waals surface area contributed by atoms with Crippen molar-refractivity contribution in [1.29, 1.82) is 0 Å². The Balaban J connectivity index is 2.10. The van der Waals surface area contributed by atoms with E-state index in [4.69, 9.17) is 5.84 Å². The van der Waals surface area contributed by atoms with Gasteiger partial charge < -0.3 is 0 Å². The third kappa shape index (κ3) is 3.09. The summed E-state index contributed by atoms with van der Waals surface area (Å²) in [7, 11) is 0. The molecule has 0 amide bonds. The lowest BCUT2D eigenvalue weighted by molar-refractivity contribution is 0.161. The number of hydrogen-bond acceptors (Lipinski definition) is 3. The summed E-state index contributed by atoms with van der Waals surface area (Å²) in [6.45, 7) is 6.80. The Labute approximate surface area is 110 Å². The zero-order valence-corrected chi connectivity index (χ0v) is 11.7. The molecule has 0 aromatic carbocycles. The van der Waals surface area contributed by atoms with Crippen molar-refractivity contribution in [2.45, 2.75) is 52.5 Å². The first kappa shape index (κ1) is 13.5. The van der Waals surface area contributed by atoms with Gasteiger partial charge in [-0.15, -0.1) is 0 Å². The van der Waals surface area contributed by atoms with Crippen LogP contribution in [0.2, 0.25) is 0 Å². The second-order valence-corrected chi connectivity index (χ2v) is 6.44. The number of rotatable bonds is 3. The van der Waals surface area contributed by atoms with Gasteiger partial charge in [-0.1, -0.05) is 19.9 Å². The number of nitrogens with one attached hydrogen (secondary N) is 1. The van der Waals surface area contributed by atoms with Crippen molar-refractivity contribution in [2.75, 3.05) is 0 Å². The first-order valence-corrected chi connectivity index (χ1v) is 6.89. The maximum atomic E-state index is 5.78. The van der Waals surface area contributed by atoms with Crippen LogP contribution in [0, 0.1) is 18.3 Å². The lowest BCUT2D eigenvalue weighted by atomic mass is 9.70. The summed E-state index contributed by atoms with van der Waals surface area (Å²) < 4.78 is 0. The Morgan fingerprint density at radius 1 is 1.33 bits per heavy atom. The molecule has 1 fully saturated rings. The minimum absolute atomic E-state index is 0.244. The molecule has 3 nitrogen and oxygen atoms in total. The molecule has 1 aromatic rings. The van der Waals surface area contributed by atoms with Crippen molar-refractivity contribution in [3.05, 3.63) is 29.6 Å². The highest BCUT2D eigenvalue weighted by molar-refractivity contribution is 5.21. The predicted molar refractivity (Wildman–Crippen MR) is 74.8 cm³/mol. The van der Waals surface area contributed by atoms with Crippen molar-refractivity contribution < 1.29 is 0 Å². The first-order valence-electron chi connectivity index (χ1n) is 6.89. The van der Waals surface area contributed by atoms with E-state index in [2.05, 4.69) is 37.2 Å². The maximum Gasteiger partial charge on any atom is 0.0503 e. The summed E-state index contributed by atoms with van der Waals surface area (Å²) in [6.07, 6.45) is 8.90. The van der Waals surface area contributed by atoms with Crippen molar-refractivity contribution in [2.24, 2.45) is 17.2 Å². The van der Waals surface area contributed by atoms with Gasteiger partial charge >= 0.3 is 0 Å². The third-order valence-corrected chi connectivity index (χ3v) is 4.29. The molecule has 2 rings (SSSR count). The molecule has 1 aliphatic carbocycles. The number of nitrogens with zero attached hydrogens (tertiary/aromatic N) is 1. The Bertz CT molecular complexity index is 390. The predicted octanol–water partition coefficient (Wildman–Crippen LogP) is 3.11. The minimum atomic E-state index is 0.244. The van der Waals surface area contributed by atoms with Gasteiger partial charge in [0.15, 0.2) is 0 Å². The largest absolute Gasteiger partial charge is 0.271 e. The average molecular weight is 247 g/mol. The lowest BCUT2D eigenvalue weighted by Gasteiger charge is -2.37. The number of hydrogen-bond donors (Lipinski definition) is 2. The molecule has 1 unspecified atom stereocenters. The molecule has 1 aromatic heterocycles. The van der Waals surface area contributed by atoms with E-state index in [1.165, 1.54) is 36.8 Å². The van der Waals surface area contributed by atoms with E-state index in [9.17, 15) is 0 Å². The Kier molecular flexibility index (Phi) is 4.03. The van der Waals surface area contributed by atoms with E-state index >= 15 is 0 Å². The first-order chi connectivity index (χ1) is 8.52. The highest BCUT2D eigenvalue weighted by atomic mass is 15.2. The number of aryl methyl sites for hydroxylation is 1. The number of aromatic nitrogens is 1. The SMILES string of the molecule is Cc1cncc(C(NN)C2CCC(C)(C)CC2)c1. The minimum Gasteiger partial charge on any atom is -0.271 e. The molecule has 3 heteroatoms. The average Bonchev–Trinajstić information content (AvgIpc) is 2.32. The fourth-order valence-electron chi connectivity index (χ4n) is 3.01. The van der Waals surface area contributed by atoms with Crippen LogP contribution >= 0.6 is 0 Å². The summed E-state index contributed by atoms with van der Waals surface area (Å²) in [5, 5.41) is 0. The van der Waals surface area contributed by atoms with Crippen LogP contribution in [0.25, 0.3) is 0 Å². The Morgan fingerprint density at radius 2 is 2.00 bits per heavy atom. The molecule has 0 spiro atoms. The van der Waals surface area contributed by atoms with Crippen LogP contribution in [-0.2, 0) is 0 Å². The highest BCUT2D eigenvalue weighted by Gasteiger charge is 2.31. The second kappa shape index (κ2) is 5.37. The number of hydrazine groups is 1. The zero-order valence-electron chi connectivity index (χ0n) is 11.7. The van der Waals surface area contributed by atoms with Gasteiger partial charge in [-0.25, -0.2) is 0 Å². The van der Waals surface area contributed by atoms with Gasteiger partial charge in [-0.2, -0.15) is 0 Å². The van der Waals surface area contributed by atoms with Gasteiger partial charge in [-0.3, -0.25) is 16.3 Å². The van der Waals surface area contributed by atoms with E-state index in [0.717, 1.165) is 0 Å². The quantitative estimate of drug-likeness (QED) is 0.637. The van der Waals surface area contributed by atoms with Crippen molar-refractivity contribution in [3.8, 4) is 0 Å². The van der Waals surface area contributed by atoms with Gasteiger partial charge in [0.25, 0.3) is 0 Å². The van der Waals surface area contributed by atoms with Gasteiger partial charge in [0.05, 0.1) is 6.04 Å². The number of pyridine rings is 1. The summed E-state index contributed by atoms with van der Waals surface area (Å²) in [4.78, 5) is 4.28. The molecule has 1 atom stereocenters. The monoisotopic (exact) mass is 247 g/mol. The third-order valence-electron chi connectivity index (χ3n) is 4.29. The van der Waals surface area contributed by atoms with Crippen LogP contribution in [0.4, 0.5) is 0 Å². The summed E-state index contributed by atoms with van der Waals surface area (Å²) >= 11 is 0. The zero-order chi connectivity index (χ0) is 13.2. The van der Waals surface area contributed by atoms with Gasteiger partial charge in [0.2, 0.25) is 0 Å². The van der Waals surface area contributed by atoms with Crippen molar-refractivity contribution >= 4 is 0 Å². The van der Waals surface area contributed by atoms with Crippen LogP contribution in [0.15, 0.2) is 18.5 Å². The van der Waals surface area contributed by atoms with Gasteiger partial charge in [-0.05, 0) is 55.1 Å². The molecule has 18 heavy (non-hydrogen) atoms. The summed E-state index contributed by atoms with van der Waals surface area (Å²) in [6, 6.07) is 2.44. The van der Waals surface area contributed by atoms with Crippen LogP contribution in [0.1, 0.15) is 56.7 Å². The molecule has 1 heterocycles. The van der Waals surface area contributed by atoms with Crippen LogP contribution < -0.4 is 11.3 Å². The van der Waals surface area contributed by atoms with Gasteiger partial charge in [0, 0.05) is 12.4 Å². The summed E-state index contributed by atoms with van der Waals surface area (Å²) in [5.74, 6) is 6.41. The number of nitrogens with two attached hydrogens (primary N) is 1. The van der Waals surface area contributed by atoms with Crippen LogP contribution in [-0.4, -0.2) is 4.98 Å². The van der Waals surface area contributed by atoms with E-state index in [1.54, 1.807) is 0 Å². The molecule has 1 saturated carbocycles. The fraction of sp³-hybridized carbons (Fsp3) is 0.667. The smallest absolute Gasteiger partial charge is 0.0503 e. The van der Waals surface area contributed by atoms with E-state index in [1.807, 2.05) is 12.4 Å². The van der Waals surface area contributed by atoms with E-state index in [-0.39, 0.29) is 6.04 Å². The Hall–Kier alpha value is -0.930. The highest BCUT2D eigenvalue weighted by Crippen LogP contribution is 2.42. The second-order valence-electron chi connectivity index (χ2n) is 6.44. The lowest BCUT2D eigenvalue weighted by Crippen LogP contribution is -2.36. The molecular formula is C15H25N3. The van der Waals surface area contributed by atoms with E-state index in [0.29, 0.717) is 11.3 Å². The van der Waals surface area contributed by atoms with Crippen molar-refractivity contribution in [1.82, 2.24) is 10.4 Å². The molecular weight excluding hydrogens is 222 g/mol. The molecule has 0 bridgehead atoms. The normalized spacial score (nSPS) is 21.8. The molecule has 0 radical (unpaired) electrons. The van der Waals surface area contributed by atoms with Crippen molar-refractivity contribution in [3.63, 3.8) is 0 Å². The van der Waals surface area contributed by atoms with Crippen LogP contribution in [0.3, 0.4) is 0 Å². The molecule has 0 aliphatic heterocycles. The van der Waals surface area contributed by atoms with Gasteiger partial charge in [0.1, 0.15) is 0 Å². The molecule has 100 valence electrons. The standard InChI is InChI=1S/C15H25N3/c1-11-8-13(10-17-9-11)14(18-16)12-4-6-15(2,3)7-5-12/h8-10,12,14,18H,4-7,16H2,1-3H3. The van der Waals surface area contributed by atoms with E-state index < -0.39 is 0 Å². The summed E-state index contributed by atoms with van der Waals surface area (Å²) in [5.41, 5.74) is 5.93.